The number of carbonyl (C=O) groups is 1. The highest BCUT2D eigenvalue weighted by atomic mass is 35.5. The molecular weight excluding hydrogens is 471 g/mol. The third kappa shape index (κ3) is 4.84. The Kier molecular flexibility index (Phi) is 6.48. The highest BCUT2D eigenvalue weighted by molar-refractivity contribution is 6.30. The van der Waals surface area contributed by atoms with Crippen LogP contribution in [-0.2, 0) is 12.7 Å². The van der Waals surface area contributed by atoms with Crippen LogP contribution in [0.3, 0.4) is 0 Å². The van der Waals surface area contributed by atoms with Gasteiger partial charge in [0.05, 0.1) is 29.7 Å². The Hall–Kier alpha value is -3.21. The average molecular weight is 494 g/mol. The number of nitrogens with zero attached hydrogens (tertiary/aromatic N) is 6. The van der Waals surface area contributed by atoms with Crippen molar-refractivity contribution in [3.63, 3.8) is 0 Å². The number of nitrogens with one attached hydrogen (secondary N) is 1. The molecule has 1 aromatic carbocycles. The summed E-state index contributed by atoms with van der Waals surface area (Å²) < 4.78 is 41.0. The molecule has 2 aromatic heterocycles. The van der Waals surface area contributed by atoms with Crippen molar-refractivity contribution in [1.82, 2.24) is 29.6 Å². The molecule has 1 saturated heterocycles. The quantitative estimate of drug-likeness (QED) is 0.547. The van der Waals surface area contributed by atoms with E-state index in [0.717, 1.165) is 12.0 Å². The Labute approximate surface area is 199 Å². The highest BCUT2D eigenvalue weighted by Gasteiger charge is 2.37. The standard InChI is InChI=1S/C22H23ClF3N7O/c1-12-18(13(2)28-20(27-12)22(24,25)26)29-21(34)32-10-4-5-17(32)19-31-30-14(3)33(19)11-15-6-8-16(23)9-7-15/h6-9,17H,4-5,10-11H2,1-3H3,(H,29,34)/t17-/m1/s1. The van der Waals surface area contributed by atoms with E-state index in [1.54, 1.807) is 4.90 Å². The zero-order valence-corrected chi connectivity index (χ0v) is 19.6. The molecule has 0 unspecified atom stereocenters. The summed E-state index contributed by atoms with van der Waals surface area (Å²) in [5.41, 5.74) is 1.27. The third-order valence-corrected chi connectivity index (χ3v) is 6.04. The molecule has 1 N–H and O–H groups in total. The molecule has 180 valence electrons. The lowest BCUT2D eigenvalue weighted by Crippen LogP contribution is -2.36. The van der Waals surface area contributed by atoms with Crippen molar-refractivity contribution in [2.24, 2.45) is 0 Å². The molecule has 0 radical (unpaired) electrons. The minimum atomic E-state index is -4.66. The van der Waals surface area contributed by atoms with Crippen LogP contribution in [0.25, 0.3) is 0 Å². The normalized spacial score (nSPS) is 16.2. The Balaban J connectivity index is 1.57. The van der Waals surface area contributed by atoms with Crippen molar-refractivity contribution < 1.29 is 18.0 Å². The fourth-order valence-corrected chi connectivity index (χ4v) is 4.22. The number of benzene rings is 1. The number of alkyl halides is 3. The van der Waals surface area contributed by atoms with Gasteiger partial charge in [-0.05, 0) is 51.3 Å². The molecule has 4 rings (SSSR count). The van der Waals surface area contributed by atoms with E-state index in [4.69, 9.17) is 11.6 Å². The molecule has 0 bridgehead atoms. The maximum atomic E-state index is 13.2. The van der Waals surface area contributed by atoms with Crippen LogP contribution < -0.4 is 5.32 Å². The summed E-state index contributed by atoms with van der Waals surface area (Å²) >= 11 is 5.99. The van der Waals surface area contributed by atoms with Crippen molar-refractivity contribution in [2.75, 3.05) is 11.9 Å². The number of amides is 2. The second kappa shape index (κ2) is 9.21. The Morgan fingerprint density at radius 3 is 2.38 bits per heavy atom. The number of likely N-dealkylation sites (tertiary alicyclic amines) is 1. The van der Waals surface area contributed by atoms with E-state index in [-0.39, 0.29) is 23.1 Å². The molecule has 1 aliphatic heterocycles. The monoisotopic (exact) mass is 493 g/mol. The van der Waals surface area contributed by atoms with E-state index >= 15 is 0 Å². The average Bonchev–Trinajstić information content (AvgIpc) is 3.38. The van der Waals surface area contributed by atoms with Crippen LogP contribution in [0.5, 0.6) is 0 Å². The number of hydrogen-bond donors (Lipinski definition) is 1. The van der Waals surface area contributed by atoms with Crippen molar-refractivity contribution >= 4 is 23.3 Å². The first kappa shape index (κ1) is 23.9. The van der Waals surface area contributed by atoms with Gasteiger partial charge >= 0.3 is 12.2 Å². The van der Waals surface area contributed by atoms with Gasteiger partial charge in [-0.25, -0.2) is 14.8 Å². The van der Waals surface area contributed by atoms with E-state index in [2.05, 4.69) is 25.5 Å². The zero-order valence-electron chi connectivity index (χ0n) is 18.8. The summed E-state index contributed by atoms with van der Waals surface area (Å²) in [6, 6.07) is 6.67. The molecule has 12 heteroatoms. The number of hydrogen-bond acceptors (Lipinski definition) is 5. The topological polar surface area (TPSA) is 88.8 Å². The van der Waals surface area contributed by atoms with Gasteiger partial charge in [-0.15, -0.1) is 10.2 Å². The predicted octanol–water partition coefficient (Wildman–Crippen LogP) is 5.08. The molecule has 0 saturated carbocycles. The molecular formula is C22H23ClF3N7O. The first-order valence-electron chi connectivity index (χ1n) is 10.7. The van der Waals surface area contributed by atoms with E-state index < -0.39 is 18.0 Å². The van der Waals surface area contributed by atoms with Crippen LogP contribution >= 0.6 is 11.6 Å². The van der Waals surface area contributed by atoms with Gasteiger partial charge in [-0.3, -0.25) is 0 Å². The number of aryl methyl sites for hydroxylation is 3. The molecule has 3 heterocycles. The van der Waals surface area contributed by atoms with Gasteiger partial charge in [0.15, 0.2) is 5.82 Å². The smallest absolute Gasteiger partial charge is 0.314 e. The van der Waals surface area contributed by atoms with Gasteiger partial charge in [0, 0.05) is 11.6 Å². The summed E-state index contributed by atoms with van der Waals surface area (Å²) in [6.07, 6.45) is -3.22. The summed E-state index contributed by atoms with van der Waals surface area (Å²) in [4.78, 5) is 21.8. The molecule has 34 heavy (non-hydrogen) atoms. The minimum Gasteiger partial charge on any atom is -0.314 e. The molecule has 0 aliphatic carbocycles. The largest absolute Gasteiger partial charge is 0.451 e. The number of anilines is 1. The SMILES string of the molecule is Cc1nc(C(F)(F)F)nc(C)c1NC(=O)N1CCC[C@@H]1c1nnc(C)n1Cc1ccc(Cl)cc1. The molecule has 3 aromatic rings. The van der Waals surface area contributed by atoms with Crippen LogP contribution in [-0.4, -0.2) is 42.2 Å². The molecule has 0 spiro atoms. The van der Waals surface area contributed by atoms with Gasteiger partial charge in [0.2, 0.25) is 5.82 Å². The number of aromatic nitrogens is 5. The van der Waals surface area contributed by atoms with Gasteiger partial charge in [-0.2, -0.15) is 13.2 Å². The van der Waals surface area contributed by atoms with Crippen LogP contribution in [0.2, 0.25) is 5.02 Å². The van der Waals surface area contributed by atoms with Gasteiger partial charge in [-0.1, -0.05) is 23.7 Å². The number of carbonyl (C=O) groups excluding carboxylic acids is 1. The van der Waals surface area contributed by atoms with E-state index in [9.17, 15) is 18.0 Å². The lowest BCUT2D eigenvalue weighted by atomic mass is 10.2. The van der Waals surface area contributed by atoms with Crippen LogP contribution in [0, 0.1) is 20.8 Å². The summed E-state index contributed by atoms with van der Waals surface area (Å²) in [5, 5.41) is 11.9. The highest BCUT2D eigenvalue weighted by Crippen LogP contribution is 2.33. The maximum Gasteiger partial charge on any atom is 0.451 e. The molecule has 1 aliphatic rings. The summed E-state index contributed by atoms with van der Waals surface area (Å²) in [5.74, 6) is 0.127. The number of urea groups is 1. The van der Waals surface area contributed by atoms with E-state index in [1.165, 1.54) is 13.8 Å². The third-order valence-electron chi connectivity index (χ3n) is 5.79. The van der Waals surface area contributed by atoms with Crippen molar-refractivity contribution in [3.05, 3.63) is 63.7 Å². The Bertz CT molecular complexity index is 1190. The van der Waals surface area contributed by atoms with Gasteiger partial charge < -0.3 is 14.8 Å². The molecule has 8 nitrogen and oxygen atoms in total. The fraction of sp³-hybridized carbons (Fsp3) is 0.409. The predicted molar refractivity (Wildman–Crippen MR) is 120 cm³/mol. The Morgan fingerprint density at radius 1 is 1.12 bits per heavy atom. The molecule has 1 atom stereocenters. The Morgan fingerprint density at radius 2 is 1.76 bits per heavy atom. The second-order valence-corrected chi connectivity index (χ2v) is 8.63. The number of rotatable bonds is 4. The summed E-state index contributed by atoms with van der Waals surface area (Å²) in [7, 11) is 0. The van der Waals surface area contributed by atoms with Crippen LogP contribution in [0.1, 0.15) is 53.3 Å². The van der Waals surface area contributed by atoms with Crippen molar-refractivity contribution in [2.45, 2.75) is 52.4 Å². The first-order valence-corrected chi connectivity index (χ1v) is 11.1. The van der Waals surface area contributed by atoms with Gasteiger partial charge in [0.25, 0.3) is 0 Å². The lowest BCUT2D eigenvalue weighted by molar-refractivity contribution is -0.145. The first-order chi connectivity index (χ1) is 16.0. The van der Waals surface area contributed by atoms with Crippen LogP contribution in [0.15, 0.2) is 24.3 Å². The van der Waals surface area contributed by atoms with E-state index in [1.807, 2.05) is 35.8 Å². The lowest BCUT2D eigenvalue weighted by Gasteiger charge is -2.25. The maximum absolute atomic E-state index is 13.2. The zero-order chi connectivity index (χ0) is 24.6. The summed E-state index contributed by atoms with van der Waals surface area (Å²) in [6.45, 7) is 5.66. The van der Waals surface area contributed by atoms with Crippen LogP contribution in [0.4, 0.5) is 23.7 Å². The number of halogens is 4. The minimum absolute atomic E-state index is 0.0469. The molecule has 1 fully saturated rings. The van der Waals surface area contributed by atoms with Gasteiger partial charge in [0.1, 0.15) is 5.82 Å². The fourth-order valence-electron chi connectivity index (χ4n) is 4.09. The van der Waals surface area contributed by atoms with Crippen molar-refractivity contribution in [1.29, 1.82) is 0 Å². The second-order valence-electron chi connectivity index (χ2n) is 8.19. The molecule has 2 amide bonds. The van der Waals surface area contributed by atoms with E-state index in [0.29, 0.717) is 36.2 Å². The van der Waals surface area contributed by atoms with Crippen molar-refractivity contribution in [3.8, 4) is 0 Å².